The summed E-state index contributed by atoms with van der Waals surface area (Å²) >= 11 is 0. The molecule has 0 heterocycles. The first kappa shape index (κ1) is 32.5. The number of aliphatic carboxylic acids is 1. The fourth-order valence-corrected chi connectivity index (χ4v) is 2.86. The van der Waals surface area contributed by atoms with Gasteiger partial charge in [-0.1, -0.05) is 0 Å². The average Bonchev–Trinajstić information content (AvgIpc) is 2.76. The zero-order valence-electron chi connectivity index (χ0n) is 20.0. The monoisotopic (exact) mass is 530 g/mol. The number of amides is 6. The maximum Gasteiger partial charge on any atom is 0.326 e. The van der Waals surface area contributed by atoms with Crippen molar-refractivity contribution in [1.29, 1.82) is 0 Å². The van der Waals surface area contributed by atoms with E-state index in [9.17, 15) is 38.7 Å². The first-order valence-corrected chi connectivity index (χ1v) is 10.9. The van der Waals surface area contributed by atoms with Crippen molar-refractivity contribution in [2.75, 3.05) is 6.54 Å². The molecule has 37 heavy (non-hydrogen) atoms. The largest absolute Gasteiger partial charge is 0.480 e. The van der Waals surface area contributed by atoms with Gasteiger partial charge in [-0.2, -0.15) is 0 Å². The van der Waals surface area contributed by atoms with Gasteiger partial charge in [-0.25, -0.2) is 4.79 Å². The van der Waals surface area contributed by atoms with Gasteiger partial charge in [-0.05, 0) is 19.3 Å². The Labute approximate surface area is 211 Å². The Hall–Kier alpha value is -4.48. The predicted molar refractivity (Wildman–Crippen MR) is 127 cm³/mol. The van der Waals surface area contributed by atoms with E-state index in [1.807, 2.05) is 0 Å². The van der Waals surface area contributed by atoms with Crippen LogP contribution in [0.3, 0.4) is 0 Å². The van der Waals surface area contributed by atoms with E-state index in [1.54, 1.807) is 0 Å². The molecular formula is C19H34N10O8. The number of hydrogen-bond donors (Lipinski definition) is 10. The highest BCUT2D eigenvalue weighted by Crippen LogP contribution is 2.05. The zero-order valence-corrected chi connectivity index (χ0v) is 20.0. The van der Waals surface area contributed by atoms with Crippen LogP contribution in [0.5, 0.6) is 0 Å². The molecule has 16 N–H and O–H groups in total. The Morgan fingerprint density at radius 3 is 1.68 bits per heavy atom. The van der Waals surface area contributed by atoms with Gasteiger partial charge in [0.2, 0.25) is 35.4 Å². The number of primary amides is 3. The molecule has 0 fully saturated rings. The number of rotatable bonds is 18. The minimum absolute atomic E-state index is 0.0769. The van der Waals surface area contributed by atoms with Crippen LogP contribution in [-0.4, -0.2) is 83.2 Å². The number of hydrogen-bond acceptors (Lipinski definition) is 9. The second kappa shape index (κ2) is 16.2. The van der Waals surface area contributed by atoms with Gasteiger partial charge in [-0.15, -0.1) is 0 Å². The van der Waals surface area contributed by atoms with Gasteiger partial charge < -0.3 is 55.5 Å². The van der Waals surface area contributed by atoms with Crippen molar-refractivity contribution >= 4 is 47.4 Å². The minimum atomic E-state index is -1.62. The van der Waals surface area contributed by atoms with E-state index in [4.69, 9.17) is 34.4 Å². The van der Waals surface area contributed by atoms with Crippen LogP contribution < -0.4 is 50.4 Å². The van der Waals surface area contributed by atoms with Gasteiger partial charge in [-0.3, -0.25) is 33.8 Å². The topological polar surface area (TPSA) is 344 Å². The number of aliphatic imine (C=N–C) groups is 1. The highest BCUT2D eigenvalue weighted by molar-refractivity contribution is 5.97. The number of nitrogens with two attached hydrogens (primary N) is 6. The fraction of sp³-hybridized carbons (Fsp3) is 0.579. The molecular weight excluding hydrogens is 496 g/mol. The highest BCUT2D eigenvalue weighted by atomic mass is 16.4. The van der Waals surface area contributed by atoms with Gasteiger partial charge >= 0.3 is 5.97 Å². The lowest BCUT2D eigenvalue weighted by atomic mass is 10.1. The third kappa shape index (κ3) is 14.5. The van der Waals surface area contributed by atoms with Crippen LogP contribution in [0.2, 0.25) is 0 Å². The van der Waals surface area contributed by atoms with E-state index in [0.29, 0.717) is 0 Å². The Kier molecular flexibility index (Phi) is 14.3. The van der Waals surface area contributed by atoms with Crippen LogP contribution in [0.1, 0.15) is 38.5 Å². The lowest BCUT2D eigenvalue weighted by Gasteiger charge is -2.24. The van der Waals surface area contributed by atoms with Crippen molar-refractivity contribution in [2.24, 2.45) is 39.4 Å². The molecule has 0 saturated heterocycles. The first-order chi connectivity index (χ1) is 17.1. The van der Waals surface area contributed by atoms with Gasteiger partial charge in [0.1, 0.15) is 18.1 Å². The number of carboxylic acid groups (broad SMARTS) is 1. The van der Waals surface area contributed by atoms with Gasteiger partial charge in [0.05, 0.1) is 18.9 Å². The molecule has 0 rings (SSSR count). The number of nitrogens with one attached hydrogen (secondary N) is 3. The molecule has 0 aromatic carbocycles. The Balaban J connectivity index is 5.58. The van der Waals surface area contributed by atoms with Crippen LogP contribution in [0.15, 0.2) is 4.99 Å². The average molecular weight is 531 g/mol. The summed E-state index contributed by atoms with van der Waals surface area (Å²) in [6.07, 6.45) is -1.88. The third-order valence-electron chi connectivity index (χ3n) is 4.67. The molecule has 18 nitrogen and oxygen atoms in total. The van der Waals surface area contributed by atoms with Gasteiger partial charge in [0.15, 0.2) is 5.96 Å². The molecule has 0 bridgehead atoms. The SMILES string of the molecule is NC(=O)CCC(NC(=O)C(CC(N)=O)NC(=O)C(N)CC(N)=O)C(=O)NC(CCCN=C(N)N)C(=O)O. The Bertz CT molecular complexity index is 905. The molecule has 0 aliphatic rings. The maximum atomic E-state index is 12.8. The zero-order chi connectivity index (χ0) is 28.7. The number of carbonyl (C=O) groups is 7. The quantitative estimate of drug-likeness (QED) is 0.0451. The number of nitrogens with zero attached hydrogens (tertiary/aromatic N) is 1. The standard InChI is InChI=1S/C19H34N10O8/c20-8(6-13(22)31)15(33)29-11(7-14(23)32)17(35)27-9(3-4-12(21)30)16(34)28-10(18(36)37)2-1-5-26-19(24)25/h8-11H,1-7,20H2,(H2,21,30)(H2,22,31)(H2,23,32)(H,27,35)(H,28,34)(H,29,33)(H,36,37)(H4,24,25,26). The van der Waals surface area contributed by atoms with E-state index in [0.717, 1.165) is 0 Å². The summed E-state index contributed by atoms with van der Waals surface area (Å²) < 4.78 is 0. The third-order valence-corrected chi connectivity index (χ3v) is 4.67. The van der Waals surface area contributed by atoms with Crippen molar-refractivity contribution in [2.45, 2.75) is 62.7 Å². The minimum Gasteiger partial charge on any atom is -0.480 e. The lowest BCUT2D eigenvalue weighted by molar-refractivity contribution is -0.142. The predicted octanol–water partition coefficient (Wildman–Crippen LogP) is -6.08. The van der Waals surface area contributed by atoms with Crippen LogP contribution >= 0.6 is 0 Å². The molecule has 0 aliphatic carbocycles. The summed E-state index contributed by atoms with van der Waals surface area (Å²) in [5.74, 6) is -7.38. The van der Waals surface area contributed by atoms with Crippen molar-refractivity contribution in [3.8, 4) is 0 Å². The molecule has 6 amide bonds. The molecule has 0 aliphatic heterocycles. The lowest BCUT2D eigenvalue weighted by Crippen LogP contribution is -2.58. The van der Waals surface area contributed by atoms with E-state index in [2.05, 4.69) is 20.9 Å². The second-order valence-electron chi connectivity index (χ2n) is 7.92. The van der Waals surface area contributed by atoms with E-state index in [-0.39, 0.29) is 38.2 Å². The molecule has 0 spiro atoms. The molecule has 0 aromatic heterocycles. The van der Waals surface area contributed by atoms with E-state index >= 15 is 0 Å². The number of carbonyl (C=O) groups excluding carboxylic acids is 6. The van der Waals surface area contributed by atoms with Crippen LogP contribution in [0, 0.1) is 0 Å². The summed E-state index contributed by atoms with van der Waals surface area (Å²) in [5.41, 5.74) is 31.1. The van der Waals surface area contributed by atoms with E-state index < -0.39 is 78.4 Å². The van der Waals surface area contributed by atoms with Crippen molar-refractivity contribution in [3.05, 3.63) is 0 Å². The van der Waals surface area contributed by atoms with Crippen molar-refractivity contribution in [3.63, 3.8) is 0 Å². The van der Waals surface area contributed by atoms with Crippen LogP contribution in [0.4, 0.5) is 0 Å². The number of guanidine groups is 1. The molecule has 208 valence electrons. The molecule has 0 aromatic rings. The van der Waals surface area contributed by atoms with Gasteiger partial charge in [0.25, 0.3) is 0 Å². The summed E-state index contributed by atoms with van der Waals surface area (Å²) in [6.45, 7) is 0.0935. The Morgan fingerprint density at radius 1 is 0.676 bits per heavy atom. The molecule has 0 radical (unpaired) electrons. The Morgan fingerprint density at radius 2 is 1.19 bits per heavy atom. The molecule has 18 heteroatoms. The molecule has 4 atom stereocenters. The highest BCUT2D eigenvalue weighted by Gasteiger charge is 2.31. The summed E-state index contributed by atoms with van der Waals surface area (Å²) in [7, 11) is 0. The molecule has 0 saturated carbocycles. The van der Waals surface area contributed by atoms with E-state index in [1.165, 1.54) is 0 Å². The van der Waals surface area contributed by atoms with Crippen molar-refractivity contribution in [1.82, 2.24) is 16.0 Å². The van der Waals surface area contributed by atoms with Crippen LogP contribution in [0.25, 0.3) is 0 Å². The summed E-state index contributed by atoms with van der Waals surface area (Å²) in [6, 6.07) is -5.96. The van der Waals surface area contributed by atoms with Crippen LogP contribution in [-0.2, 0) is 33.6 Å². The second-order valence-corrected chi connectivity index (χ2v) is 7.92. The maximum absolute atomic E-state index is 12.8. The first-order valence-electron chi connectivity index (χ1n) is 10.9. The van der Waals surface area contributed by atoms with Gasteiger partial charge in [0, 0.05) is 13.0 Å². The normalized spacial score (nSPS) is 13.6. The fourth-order valence-electron chi connectivity index (χ4n) is 2.86. The summed E-state index contributed by atoms with van der Waals surface area (Å²) in [4.78, 5) is 86.7. The van der Waals surface area contributed by atoms with Crippen molar-refractivity contribution < 1.29 is 38.7 Å². The molecule has 4 unspecified atom stereocenters. The smallest absolute Gasteiger partial charge is 0.326 e. The summed E-state index contributed by atoms with van der Waals surface area (Å²) in [5, 5.41) is 16.0. The number of carboxylic acids is 1.